The zero-order chi connectivity index (χ0) is 29.7. The highest BCUT2D eigenvalue weighted by Crippen LogP contribution is 2.42. The molecule has 0 fully saturated rings. The van der Waals surface area contributed by atoms with Crippen LogP contribution < -0.4 is 18.9 Å². The number of Topliss-reactive ketones (excluding diaryl/α,β-unsaturated/α-hetero) is 1. The lowest BCUT2D eigenvalue weighted by Crippen LogP contribution is -2.08. The first-order valence-corrected chi connectivity index (χ1v) is 15.1. The summed E-state index contributed by atoms with van der Waals surface area (Å²) in [5, 5.41) is 9.23. The summed E-state index contributed by atoms with van der Waals surface area (Å²) in [5.41, 5.74) is 0. The molecule has 3 N–H and O–H groups in total. The summed E-state index contributed by atoms with van der Waals surface area (Å²) in [4.78, 5) is 42.0. The molecule has 2 aromatic carbocycles. The van der Waals surface area contributed by atoms with E-state index in [1.54, 1.807) is 18.2 Å². The van der Waals surface area contributed by atoms with Gasteiger partial charge in [0, 0.05) is 43.6 Å². The van der Waals surface area contributed by atoms with E-state index in [4.69, 9.17) is 33.8 Å². The molecule has 0 aliphatic rings. The van der Waals surface area contributed by atoms with Crippen molar-refractivity contribution in [3.63, 3.8) is 0 Å². The van der Waals surface area contributed by atoms with Crippen LogP contribution in [0.25, 0.3) is 26.2 Å². The second kappa shape index (κ2) is 13.5. The number of ketones is 1. The molecule has 0 atom stereocenters. The van der Waals surface area contributed by atoms with Crippen molar-refractivity contribution >= 4 is 69.0 Å². The van der Waals surface area contributed by atoms with E-state index < -0.39 is 37.9 Å². The molecule has 0 bridgehead atoms. The van der Waals surface area contributed by atoms with Crippen LogP contribution in [0, 0.1) is 11.6 Å². The van der Waals surface area contributed by atoms with Crippen molar-refractivity contribution in [2.24, 2.45) is 0 Å². The highest BCUT2D eigenvalue weighted by molar-refractivity contribution is 7.46. The predicted molar refractivity (Wildman–Crippen MR) is 154 cm³/mol. The van der Waals surface area contributed by atoms with Crippen LogP contribution in [-0.2, 0) is 4.79 Å². The first-order chi connectivity index (χ1) is 19.6. The van der Waals surface area contributed by atoms with Crippen LogP contribution in [0.3, 0.4) is 0 Å². The van der Waals surface area contributed by atoms with Gasteiger partial charge >= 0.3 is 5.97 Å². The highest BCUT2D eigenvalue weighted by Gasteiger charge is 2.22. The quantitative estimate of drug-likeness (QED) is 0.0847. The Bertz CT molecular complexity index is 1610. The van der Waals surface area contributed by atoms with Crippen LogP contribution in [0.15, 0.2) is 30.3 Å². The molecular weight excluding hydrogens is 601 g/mol. The minimum absolute atomic E-state index is 0.00280. The number of methoxy groups -OCH3 is 2. The summed E-state index contributed by atoms with van der Waals surface area (Å²) >= 11 is 2.29. The minimum atomic E-state index is -2.41. The van der Waals surface area contributed by atoms with Crippen molar-refractivity contribution in [2.45, 2.75) is 12.8 Å². The lowest BCUT2D eigenvalue weighted by atomic mass is 10.2. The van der Waals surface area contributed by atoms with Crippen molar-refractivity contribution in [3.05, 3.63) is 51.7 Å². The molecule has 0 unspecified atom stereocenters. The Labute approximate surface area is 242 Å². The van der Waals surface area contributed by atoms with E-state index in [9.17, 15) is 9.59 Å². The zero-order valence-corrected chi connectivity index (χ0v) is 24.3. The molecule has 0 saturated heterocycles. The number of carbonyl (C=O) groups is 2. The Morgan fingerprint density at radius 1 is 0.902 bits per heavy atom. The van der Waals surface area contributed by atoms with Crippen molar-refractivity contribution in [1.29, 1.82) is 0 Å². The average molecular weight is 627 g/mol. The third kappa shape index (κ3) is 7.11. The molecule has 9 nitrogen and oxygen atoms in total. The van der Waals surface area contributed by atoms with Gasteiger partial charge in [-0.05, 0) is 18.2 Å². The molecular formula is C27H25F2O9PS2. The van der Waals surface area contributed by atoms with Gasteiger partial charge < -0.3 is 33.8 Å². The number of carboxylic acids is 1. The van der Waals surface area contributed by atoms with Gasteiger partial charge in [0.25, 0.3) is 0 Å². The maximum absolute atomic E-state index is 15.3. The van der Waals surface area contributed by atoms with Gasteiger partial charge in [0.15, 0.2) is 48.8 Å². The molecule has 0 amide bonds. The number of benzene rings is 2. The number of hydrogen-bond acceptors (Lipinski definition) is 10. The molecule has 0 aliphatic heterocycles. The first-order valence-electron chi connectivity index (χ1n) is 12.0. The fourth-order valence-corrected chi connectivity index (χ4v) is 6.48. The molecule has 41 heavy (non-hydrogen) atoms. The van der Waals surface area contributed by atoms with Crippen LogP contribution in [0.2, 0.25) is 0 Å². The van der Waals surface area contributed by atoms with E-state index >= 15 is 8.78 Å². The SMILES string of the molecule is COc1cc2sc(/C=C/CC(=O)O)cc2c(F)c1OCCCOc1c(OC)cc2sc(C(=O)CP(O)O)cc2c1F. The number of carbonyl (C=O) groups excluding carboxylic acids is 1. The molecule has 218 valence electrons. The lowest BCUT2D eigenvalue weighted by Gasteiger charge is -2.14. The molecule has 4 rings (SSSR count). The molecule has 0 radical (unpaired) electrons. The summed E-state index contributed by atoms with van der Waals surface area (Å²) in [6.45, 7) is 0.0139. The van der Waals surface area contributed by atoms with Gasteiger partial charge in [0.2, 0.25) is 0 Å². The van der Waals surface area contributed by atoms with E-state index in [1.807, 2.05) is 0 Å². The highest BCUT2D eigenvalue weighted by atomic mass is 32.1. The Hall–Kier alpha value is -3.35. The molecule has 2 heterocycles. The standard InChI is InChI=1S/C27H25F2O9PS2/c1-35-18-11-20-15(9-14(40-20)5-3-6-23(31)32)24(28)26(18)37-7-4-8-38-27-19(36-2)12-21-16(25(27)29)10-22(41-21)17(30)13-39(33)34/h3,5,9-12,33-34H,4,6-8,13H2,1-2H3,(H,31,32)/b5-3+. The van der Waals surface area contributed by atoms with Crippen molar-refractivity contribution in [3.8, 4) is 23.0 Å². The Morgan fingerprint density at radius 2 is 1.46 bits per heavy atom. The number of rotatable bonds is 14. The number of hydrogen-bond donors (Lipinski definition) is 3. The maximum Gasteiger partial charge on any atom is 0.307 e. The van der Waals surface area contributed by atoms with Gasteiger partial charge in [-0.15, -0.1) is 22.7 Å². The molecule has 0 aliphatic carbocycles. The van der Waals surface area contributed by atoms with Gasteiger partial charge in [0.1, 0.15) is 0 Å². The van der Waals surface area contributed by atoms with E-state index in [0.717, 1.165) is 11.3 Å². The van der Waals surface area contributed by atoms with Crippen molar-refractivity contribution < 1.29 is 52.2 Å². The molecule has 14 heteroatoms. The maximum atomic E-state index is 15.3. The van der Waals surface area contributed by atoms with Crippen molar-refractivity contribution in [2.75, 3.05) is 33.6 Å². The Balaban J connectivity index is 1.44. The average Bonchev–Trinajstić information content (AvgIpc) is 3.54. The third-order valence-electron chi connectivity index (χ3n) is 5.74. The Morgan fingerprint density at radius 3 is 2.00 bits per heavy atom. The van der Waals surface area contributed by atoms with E-state index in [-0.39, 0.29) is 59.3 Å². The topological polar surface area (TPSA) is 132 Å². The number of fused-ring (bicyclic) bond motifs is 2. The van der Waals surface area contributed by atoms with Crippen LogP contribution in [0.5, 0.6) is 23.0 Å². The number of aliphatic carboxylic acids is 1. The van der Waals surface area contributed by atoms with Gasteiger partial charge in [-0.25, -0.2) is 8.78 Å². The fourth-order valence-electron chi connectivity index (χ4n) is 3.90. The smallest absolute Gasteiger partial charge is 0.307 e. The second-order valence-corrected chi connectivity index (χ2v) is 11.8. The number of thiophene rings is 2. The number of ether oxygens (including phenoxy) is 4. The second-order valence-electron chi connectivity index (χ2n) is 8.53. The molecule has 0 saturated carbocycles. The predicted octanol–water partition coefficient (Wildman–Crippen LogP) is 6.23. The Kier molecular flexibility index (Phi) is 10.1. The largest absolute Gasteiger partial charge is 0.493 e. The van der Waals surface area contributed by atoms with Gasteiger partial charge in [-0.3, -0.25) is 9.59 Å². The minimum Gasteiger partial charge on any atom is -0.493 e. The van der Waals surface area contributed by atoms with E-state index in [0.29, 0.717) is 19.7 Å². The third-order valence-corrected chi connectivity index (χ3v) is 8.48. The molecule has 2 aromatic heterocycles. The normalized spacial score (nSPS) is 11.6. The first kappa shape index (κ1) is 30.6. The van der Waals surface area contributed by atoms with E-state index in [1.165, 1.54) is 43.8 Å². The number of carboxylic acid groups (broad SMARTS) is 1. The van der Waals surface area contributed by atoms with Gasteiger partial charge in [0.05, 0.1) is 44.9 Å². The molecule has 0 spiro atoms. The fraction of sp³-hybridized carbons (Fsp3) is 0.259. The number of halogens is 2. The summed E-state index contributed by atoms with van der Waals surface area (Å²) in [6, 6.07) is 6.12. The summed E-state index contributed by atoms with van der Waals surface area (Å²) in [6.07, 6.45) is 2.75. The van der Waals surface area contributed by atoms with Crippen LogP contribution in [0.4, 0.5) is 8.78 Å². The summed E-state index contributed by atoms with van der Waals surface area (Å²) in [5.74, 6) is -2.76. The monoisotopic (exact) mass is 626 g/mol. The summed E-state index contributed by atoms with van der Waals surface area (Å²) < 4.78 is 53.6. The summed E-state index contributed by atoms with van der Waals surface area (Å²) in [7, 11) is 0.327. The van der Waals surface area contributed by atoms with Crippen LogP contribution >= 0.6 is 31.0 Å². The van der Waals surface area contributed by atoms with E-state index in [2.05, 4.69) is 0 Å². The van der Waals surface area contributed by atoms with Crippen LogP contribution in [-0.4, -0.2) is 60.2 Å². The van der Waals surface area contributed by atoms with Gasteiger partial charge in [-0.2, -0.15) is 0 Å². The lowest BCUT2D eigenvalue weighted by molar-refractivity contribution is -0.135. The van der Waals surface area contributed by atoms with Gasteiger partial charge in [-0.1, -0.05) is 6.08 Å². The molecule has 4 aromatic rings. The van der Waals surface area contributed by atoms with Crippen molar-refractivity contribution in [1.82, 2.24) is 0 Å². The zero-order valence-electron chi connectivity index (χ0n) is 21.8. The van der Waals surface area contributed by atoms with Crippen LogP contribution in [0.1, 0.15) is 27.4 Å².